The number of rotatable bonds is 3. The third-order valence-corrected chi connectivity index (χ3v) is 5.24. The van der Waals surface area contributed by atoms with Crippen molar-refractivity contribution in [2.24, 2.45) is 5.92 Å². The SMILES string of the molecule is Cc1cc(F)ccc1CC(=O)N1CC2(CC(CO)CN2C)C1. The largest absolute Gasteiger partial charge is 0.396 e. The van der Waals surface area contributed by atoms with Crippen LogP contribution < -0.4 is 0 Å². The summed E-state index contributed by atoms with van der Waals surface area (Å²) in [7, 11) is 2.07. The van der Waals surface area contributed by atoms with E-state index in [1.54, 1.807) is 6.07 Å². The van der Waals surface area contributed by atoms with Gasteiger partial charge in [-0.05, 0) is 49.6 Å². The molecule has 22 heavy (non-hydrogen) atoms. The lowest BCUT2D eigenvalue weighted by Crippen LogP contribution is -2.68. The minimum absolute atomic E-state index is 0.0564. The smallest absolute Gasteiger partial charge is 0.227 e. The molecular formula is C17H23FN2O2. The molecule has 4 nitrogen and oxygen atoms in total. The van der Waals surface area contributed by atoms with Gasteiger partial charge in [0.25, 0.3) is 0 Å². The van der Waals surface area contributed by atoms with Gasteiger partial charge in [0.2, 0.25) is 5.91 Å². The van der Waals surface area contributed by atoms with Gasteiger partial charge in [-0.1, -0.05) is 6.07 Å². The number of likely N-dealkylation sites (N-methyl/N-ethyl adjacent to an activating group) is 1. The summed E-state index contributed by atoms with van der Waals surface area (Å²) in [5.41, 5.74) is 1.77. The molecule has 3 rings (SSSR count). The molecule has 5 heteroatoms. The Balaban J connectivity index is 1.60. The standard InChI is InChI=1S/C17H23FN2O2/c1-12-5-15(18)4-3-14(12)6-16(22)20-10-17(11-20)7-13(9-21)8-19(17)2/h3-5,13,21H,6-11H2,1-2H3. The second-order valence-electron chi connectivity index (χ2n) is 6.85. The zero-order valence-electron chi connectivity index (χ0n) is 13.2. The third-order valence-electron chi connectivity index (χ3n) is 5.24. The van der Waals surface area contributed by atoms with Crippen molar-refractivity contribution in [1.29, 1.82) is 0 Å². The van der Waals surface area contributed by atoms with E-state index in [2.05, 4.69) is 11.9 Å². The van der Waals surface area contributed by atoms with E-state index in [-0.39, 0.29) is 23.9 Å². The molecule has 1 amide bonds. The monoisotopic (exact) mass is 306 g/mol. The van der Waals surface area contributed by atoms with Crippen molar-refractivity contribution in [3.05, 3.63) is 35.1 Å². The molecule has 1 spiro atoms. The van der Waals surface area contributed by atoms with Gasteiger partial charge in [0.05, 0.1) is 12.0 Å². The van der Waals surface area contributed by atoms with Crippen LogP contribution in [0.4, 0.5) is 4.39 Å². The van der Waals surface area contributed by atoms with Crippen molar-refractivity contribution in [3.63, 3.8) is 0 Å². The van der Waals surface area contributed by atoms with Gasteiger partial charge in [-0.3, -0.25) is 9.69 Å². The van der Waals surface area contributed by atoms with Gasteiger partial charge >= 0.3 is 0 Å². The first-order chi connectivity index (χ1) is 10.4. The Morgan fingerprint density at radius 3 is 2.77 bits per heavy atom. The Bertz CT molecular complexity index is 584. The Hall–Kier alpha value is -1.46. The van der Waals surface area contributed by atoms with E-state index in [4.69, 9.17) is 0 Å². The molecule has 2 heterocycles. The van der Waals surface area contributed by atoms with Crippen molar-refractivity contribution in [2.45, 2.75) is 25.3 Å². The number of hydrogen-bond donors (Lipinski definition) is 1. The Morgan fingerprint density at radius 2 is 2.18 bits per heavy atom. The van der Waals surface area contributed by atoms with Crippen molar-refractivity contribution in [3.8, 4) is 0 Å². The number of hydrogen-bond acceptors (Lipinski definition) is 3. The average molecular weight is 306 g/mol. The summed E-state index contributed by atoms with van der Waals surface area (Å²) in [6.07, 6.45) is 1.29. The highest BCUT2D eigenvalue weighted by Gasteiger charge is 2.52. The summed E-state index contributed by atoms with van der Waals surface area (Å²) in [5.74, 6) is 0.155. The summed E-state index contributed by atoms with van der Waals surface area (Å²) in [6.45, 7) is 4.42. The number of carbonyl (C=O) groups is 1. The van der Waals surface area contributed by atoms with E-state index in [9.17, 15) is 14.3 Å². The van der Waals surface area contributed by atoms with Crippen molar-refractivity contribution >= 4 is 5.91 Å². The number of aliphatic hydroxyl groups excluding tert-OH is 1. The van der Waals surface area contributed by atoms with Crippen LogP contribution in [-0.2, 0) is 11.2 Å². The molecule has 0 bridgehead atoms. The molecule has 0 radical (unpaired) electrons. The van der Waals surface area contributed by atoms with E-state index >= 15 is 0 Å². The van der Waals surface area contributed by atoms with E-state index < -0.39 is 0 Å². The van der Waals surface area contributed by atoms with Gasteiger partial charge in [-0.25, -0.2) is 4.39 Å². The fourth-order valence-corrected chi connectivity index (χ4v) is 3.80. The average Bonchev–Trinajstić information content (AvgIpc) is 2.77. The number of nitrogens with zero attached hydrogens (tertiary/aromatic N) is 2. The quantitative estimate of drug-likeness (QED) is 0.913. The maximum atomic E-state index is 13.1. The maximum Gasteiger partial charge on any atom is 0.227 e. The first-order valence-corrected chi connectivity index (χ1v) is 7.78. The van der Waals surface area contributed by atoms with E-state index in [0.717, 1.165) is 37.2 Å². The molecule has 1 aromatic carbocycles. The number of likely N-dealkylation sites (tertiary alicyclic amines) is 2. The molecule has 2 fully saturated rings. The van der Waals surface area contributed by atoms with Crippen molar-refractivity contribution in [2.75, 3.05) is 33.3 Å². The number of halogens is 1. The first-order valence-electron chi connectivity index (χ1n) is 7.78. The second kappa shape index (κ2) is 5.63. The van der Waals surface area contributed by atoms with Crippen molar-refractivity contribution < 1.29 is 14.3 Å². The fourth-order valence-electron chi connectivity index (χ4n) is 3.80. The number of amides is 1. The zero-order chi connectivity index (χ0) is 15.9. The van der Waals surface area contributed by atoms with Gasteiger partial charge in [0, 0.05) is 26.2 Å². The number of aryl methyl sites for hydroxylation is 1. The Labute approximate surface area is 130 Å². The molecule has 0 saturated carbocycles. The van der Waals surface area contributed by atoms with Crippen LogP contribution in [0.15, 0.2) is 18.2 Å². The topological polar surface area (TPSA) is 43.8 Å². The Morgan fingerprint density at radius 1 is 1.45 bits per heavy atom. The lowest BCUT2D eigenvalue weighted by Gasteiger charge is -2.52. The minimum Gasteiger partial charge on any atom is -0.396 e. The molecule has 2 aliphatic rings. The van der Waals surface area contributed by atoms with E-state index in [1.165, 1.54) is 12.1 Å². The first kappa shape index (κ1) is 15.4. The summed E-state index contributed by atoms with van der Waals surface area (Å²) < 4.78 is 13.1. The van der Waals surface area contributed by atoms with E-state index in [1.807, 2.05) is 11.8 Å². The van der Waals surface area contributed by atoms with Crippen LogP contribution in [0.5, 0.6) is 0 Å². The summed E-state index contributed by atoms with van der Waals surface area (Å²) in [4.78, 5) is 16.5. The van der Waals surface area contributed by atoms with Gasteiger partial charge in [0.15, 0.2) is 0 Å². The summed E-state index contributed by atoms with van der Waals surface area (Å²) in [5, 5.41) is 9.32. The van der Waals surface area contributed by atoms with Gasteiger partial charge in [-0.2, -0.15) is 0 Å². The summed E-state index contributed by atoms with van der Waals surface area (Å²) in [6, 6.07) is 4.57. The highest BCUT2D eigenvalue weighted by atomic mass is 19.1. The fraction of sp³-hybridized carbons (Fsp3) is 0.588. The van der Waals surface area contributed by atoms with Crippen LogP contribution in [0.25, 0.3) is 0 Å². The number of carbonyl (C=O) groups excluding carboxylic acids is 1. The normalized spacial score (nSPS) is 23.8. The molecule has 1 N–H and O–H groups in total. The van der Waals surface area contributed by atoms with Crippen LogP contribution in [0.2, 0.25) is 0 Å². The van der Waals surface area contributed by atoms with Crippen LogP contribution in [0.1, 0.15) is 17.5 Å². The second-order valence-corrected chi connectivity index (χ2v) is 6.85. The molecule has 0 aromatic heterocycles. The number of benzene rings is 1. The molecule has 1 atom stereocenters. The predicted molar refractivity (Wildman–Crippen MR) is 82.0 cm³/mol. The third kappa shape index (κ3) is 2.63. The summed E-state index contributed by atoms with van der Waals surface area (Å²) >= 11 is 0. The van der Waals surface area contributed by atoms with Gasteiger partial charge in [0.1, 0.15) is 5.82 Å². The maximum absolute atomic E-state index is 13.1. The predicted octanol–water partition coefficient (Wildman–Crippen LogP) is 1.20. The molecule has 1 unspecified atom stereocenters. The van der Waals surface area contributed by atoms with Crippen LogP contribution in [0, 0.1) is 18.7 Å². The molecule has 2 saturated heterocycles. The van der Waals surface area contributed by atoms with Crippen LogP contribution >= 0.6 is 0 Å². The van der Waals surface area contributed by atoms with E-state index in [0.29, 0.717) is 12.3 Å². The number of aliphatic hydroxyl groups is 1. The molecule has 120 valence electrons. The van der Waals surface area contributed by atoms with Gasteiger partial charge in [-0.15, -0.1) is 0 Å². The molecule has 1 aromatic rings. The molecule has 2 aliphatic heterocycles. The minimum atomic E-state index is -0.265. The van der Waals surface area contributed by atoms with Crippen molar-refractivity contribution in [1.82, 2.24) is 9.80 Å². The zero-order valence-corrected chi connectivity index (χ0v) is 13.2. The van der Waals surface area contributed by atoms with Crippen LogP contribution in [-0.4, -0.2) is 59.6 Å². The highest BCUT2D eigenvalue weighted by molar-refractivity contribution is 5.80. The Kier molecular flexibility index (Phi) is 3.95. The van der Waals surface area contributed by atoms with Crippen LogP contribution in [0.3, 0.4) is 0 Å². The molecular weight excluding hydrogens is 283 g/mol. The lowest BCUT2D eigenvalue weighted by molar-refractivity contribution is -0.142. The highest BCUT2D eigenvalue weighted by Crippen LogP contribution is 2.39. The lowest BCUT2D eigenvalue weighted by atomic mass is 9.84. The van der Waals surface area contributed by atoms with Gasteiger partial charge < -0.3 is 10.0 Å². The molecule has 0 aliphatic carbocycles.